The number of rotatable bonds is 7. The lowest BCUT2D eigenvalue weighted by molar-refractivity contribution is 0.0755. The van der Waals surface area contributed by atoms with Crippen LogP contribution in [0.4, 0.5) is 4.39 Å². The first-order valence-electron chi connectivity index (χ1n) is 9.71. The van der Waals surface area contributed by atoms with Crippen LogP contribution >= 0.6 is 0 Å². The molecule has 146 valence electrons. The molecule has 1 N–H and O–H groups in total. The van der Waals surface area contributed by atoms with E-state index < -0.39 is 0 Å². The number of aromatic amines is 1. The van der Waals surface area contributed by atoms with E-state index in [4.69, 9.17) is 0 Å². The summed E-state index contributed by atoms with van der Waals surface area (Å²) in [4.78, 5) is 15.1. The maximum absolute atomic E-state index is 13.7. The molecule has 0 aliphatic rings. The molecule has 4 nitrogen and oxygen atoms in total. The average Bonchev–Trinajstić information content (AvgIpc) is 3.18. The normalized spacial score (nSPS) is 10.9. The number of H-pyrrole nitrogens is 1. The molecular weight excluding hydrogens is 365 g/mol. The first kappa shape index (κ1) is 18.9. The Kier molecular flexibility index (Phi) is 5.66. The average molecular weight is 387 g/mol. The molecule has 0 atom stereocenters. The van der Waals surface area contributed by atoms with Crippen LogP contribution in [-0.4, -0.2) is 34.1 Å². The minimum absolute atomic E-state index is 0.186. The van der Waals surface area contributed by atoms with Crippen LogP contribution in [0.1, 0.15) is 21.6 Å². The first-order chi connectivity index (χ1) is 14.2. The van der Waals surface area contributed by atoms with Gasteiger partial charge in [0.15, 0.2) is 5.69 Å². The van der Waals surface area contributed by atoms with Gasteiger partial charge in [-0.3, -0.25) is 9.89 Å². The SMILES string of the molecule is O=C(c1n[nH]c2ccc(F)cc12)N(CCc1ccccc1)CCc1ccccc1. The number of fused-ring (bicyclic) bond motifs is 1. The number of nitrogens with one attached hydrogen (secondary N) is 1. The van der Waals surface area contributed by atoms with Crippen LogP contribution in [-0.2, 0) is 12.8 Å². The summed E-state index contributed by atoms with van der Waals surface area (Å²) in [5.74, 6) is -0.568. The summed E-state index contributed by atoms with van der Waals surface area (Å²) in [6.45, 7) is 1.14. The molecule has 29 heavy (non-hydrogen) atoms. The third kappa shape index (κ3) is 4.51. The molecule has 0 radical (unpaired) electrons. The molecule has 0 aliphatic carbocycles. The molecular formula is C24H22FN3O. The molecule has 0 unspecified atom stereocenters. The highest BCUT2D eigenvalue weighted by Crippen LogP contribution is 2.19. The van der Waals surface area contributed by atoms with Crippen molar-refractivity contribution >= 4 is 16.8 Å². The lowest BCUT2D eigenvalue weighted by Gasteiger charge is -2.22. The molecule has 1 aromatic heterocycles. The third-order valence-corrected chi connectivity index (χ3v) is 5.04. The fraction of sp³-hybridized carbons (Fsp3) is 0.167. The van der Waals surface area contributed by atoms with E-state index >= 15 is 0 Å². The summed E-state index contributed by atoms with van der Waals surface area (Å²) in [5.41, 5.74) is 3.26. The molecule has 0 spiro atoms. The van der Waals surface area contributed by atoms with Crippen LogP contribution in [0.5, 0.6) is 0 Å². The molecule has 0 bridgehead atoms. The van der Waals surface area contributed by atoms with Crippen molar-refractivity contribution in [2.75, 3.05) is 13.1 Å². The third-order valence-electron chi connectivity index (χ3n) is 5.04. The maximum atomic E-state index is 13.7. The molecule has 0 saturated heterocycles. The van der Waals surface area contributed by atoms with Crippen molar-refractivity contribution in [1.29, 1.82) is 0 Å². The Morgan fingerprint density at radius 2 is 1.45 bits per heavy atom. The molecule has 5 heteroatoms. The highest BCUT2D eigenvalue weighted by Gasteiger charge is 2.21. The van der Waals surface area contributed by atoms with Gasteiger partial charge in [-0.25, -0.2) is 4.39 Å². The number of carbonyl (C=O) groups is 1. The van der Waals surface area contributed by atoms with Gasteiger partial charge in [0.2, 0.25) is 0 Å². The fourth-order valence-corrected chi connectivity index (χ4v) is 3.43. The van der Waals surface area contributed by atoms with Gasteiger partial charge < -0.3 is 4.90 Å². The van der Waals surface area contributed by atoms with Crippen LogP contribution in [0, 0.1) is 5.82 Å². The standard InChI is InChI=1S/C24H22FN3O/c25-20-11-12-22-21(17-20)23(27-26-22)24(29)28(15-13-18-7-3-1-4-8-18)16-14-19-9-5-2-6-10-19/h1-12,17H,13-16H2,(H,26,27). The quantitative estimate of drug-likeness (QED) is 0.503. The second kappa shape index (κ2) is 8.69. The number of aromatic nitrogens is 2. The van der Waals surface area contributed by atoms with Crippen LogP contribution in [0.2, 0.25) is 0 Å². The zero-order chi connectivity index (χ0) is 20.1. The zero-order valence-corrected chi connectivity index (χ0v) is 16.0. The number of hydrogen-bond donors (Lipinski definition) is 1. The molecule has 1 heterocycles. The molecule has 4 rings (SSSR count). The van der Waals surface area contributed by atoms with Crippen molar-refractivity contribution in [2.45, 2.75) is 12.8 Å². The van der Waals surface area contributed by atoms with E-state index in [1.54, 1.807) is 11.0 Å². The number of amides is 1. The minimum Gasteiger partial charge on any atom is -0.337 e. The van der Waals surface area contributed by atoms with Crippen molar-refractivity contribution in [3.8, 4) is 0 Å². The number of carbonyl (C=O) groups excluding carboxylic acids is 1. The van der Waals surface area contributed by atoms with Gasteiger partial charge in [-0.15, -0.1) is 0 Å². The lowest BCUT2D eigenvalue weighted by Crippen LogP contribution is -2.35. The number of hydrogen-bond acceptors (Lipinski definition) is 2. The van der Waals surface area contributed by atoms with E-state index in [9.17, 15) is 9.18 Å². The van der Waals surface area contributed by atoms with E-state index in [0.29, 0.717) is 24.0 Å². The Hall–Kier alpha value is -3.47. The highest BCUT2D eigenvalue weighted by molar-refractivity contribution is 6.04. The Bertz CT molecular complexity index is 1050. The monoisotopic (exact) mass is 387 g/mol. The van der Waals surface area contributed by atoms with Crippen molar-refractivity contribution in [1.82, 2.24) is 15.1 Å². The molecule has 0 aliphatic heterocycles. The van der Waals surface area contributed by atoms with Crippen LogP contribution in [0.15, 0.2) is 78.9 Å². The second-order valence-electron chi connectivity index (χ2n) is 7.03. The van der Waals surface area contributed by atoms with Gasteiger partial charge in [0.25, 0.3) is 5.91 Å². The van der Waals surface area contributed by atoms with Gasteiger partial charge in [-0.2, -0.15) is 5.10 Å². The summed E-state index contributed by atoms with van der Waals surface area (Å²) >= 11 is 0. The summed E-state index contributed by atoms with van der Waals surface area (Å²) in [5, 5.41) is 7.53. The predicted molar refractivity (Wildman–Crippen MR) is 112 cm³/mol. The highest BCUT2D eigenvalue weighted by atomic mass is 19.1. The lowest BCUT2D eigenvalue weighted by atomic mass is 10.1. The predicted octanol–water partition coefficient (Wildman–Crippen LogP) is 4.63. The summed E-state index contributed by atoms with van der Waals surface area (Å²) in [6, 6.07) is 24.5. The van der Waals surface area contributed by atoms with Crippen LogP contribution in [0.3, 0.4) is 0 Å². The molecule has 3 aromatic carbocycles. The molecule has 0 fully saturated rings. The van der Waals surface area contributed by atoms with Gasteiger partial charge in [0.05, 0.1) is 5.52 Å². The molecule has 1 amide bonds. The molecule has 4 aromatic rings. The number of halogens is 1. The van der Waals surface area contributed by atoms with Crippen molar-refractivity contribution in [3.63, 3.8) is 0 Å². The first-order valence-corrected chi connectivity index (χ1v) is 9.71. The smallest absolute Gasteiger partial charge is 0.275 e. The van der Waals surface area contributed by atoms with Crippen LogP contribution < -0.4 is 0 Å². The second-order valence-corrected chi connectivity index (χ2v) is 7.03. The van der Waals surface area contributed by atoms with E-state index in [-0.39, 0.29) is 17.4 Å². The molecule has 0 saturated carbocycles. The van der Waals surface area contributed by atoms with E-state index in [1.165, 1.54) is 23.3 Å². The Balaban J connectivity index is 1.57. The number of benzene rings is 3. The van der Waals surface area contributed by atoms with Gasteiger partial charge in [0.1, 0.15) is 5.82 Å². The maximum Gasteiger partial charge on any atom is 0.275 e. The summed E-state index contributed by atoms with van der Waals surface area (Å²) in [6.07, 6.45) is 1.50. The fourth-order valence-electron chi connectivity index (χ4n) is 3.43. The summed E-state index contributed by atoms with van der Waals surface area (Å²) < 4.78 is 13.7. The summed E-state index contributed by atoms with van der Waals surface area (Å²) in [7, 11) is 0. The topological polar surface area (TPSA) is 49.0 Å². The van der Waals surface area contributed by atoms with E-state index in [2.05, 4.69) is 34.5 Å². The van der Waals surface area contributed by atoms with Crippen LogP contribution in [0.25, 0.3) is 10.9 Å². The zero-order valence-electron chi connectivity index (χ0n) is 16.0. The number of nitrogens with zero attached hydrogens (tertiary/aromatic N) is 2. The van der Waals surface area contributed by atoms with Gasteiger partial charge in [-0.1, -0.05) is 60.7 Å². The Morgan fingerprint density at radius 1 is 0.862 bits per heavy atom. The Morgan fingerprint density at radius 3 is 2.03 bits per heavy atom. The Labute approximate surface area is 169 Å². The van der Waals surface area contributed by atoms with E-state index in [0.717, 1.165) is 12.8 Å². The van der Waals surface area contributed by atoms with Crippen molar-refractivity contribution < 1.29 is 9.18 Å². The van der Waals surface area contributed by atoms with E-state index in [1.807, 2.05) is 36.4 Å². The van der Waals surface area contributed by atoms with Gasteiger partial charge in [0, 0.05) is 18.5 Å². The minimum atomic E-state index is -0.381. The van der Waals surface area contributed by atoms with Gasteiger partial charge in [-0.05, 0) is 42.2 Å². The van der Waals surface area contributed by atoms with Crippen molar-refractivity contribution in [3.05, 3.63) is 102 Å². The van der Waals surface area contributed by atoms with Crippen molar-refractivity contribution in [2.24, 2.45) is 0 Å². The van der Waals surface area contributed by atoms with Gasteiger partial charge >= 0.3 is 0 Å². The largest absolute Gasteiger partial charge is 0.337 e.